The number of hydrogen-bond acceptors (Lipinski definition) is 2. The van der Waals surface area contributed by atoms with Crippen LogP contribution in [0.1, 0.15) is 65.4 Å². The van der Waals surface area contributed by atoms with Crippen molar-refractivity contribution in [1.29, 1.82) is 0 Å². The zero-order chi connectivity index (χ0) is 22.3. The lowest BCUT2D eigenvalue weighted by molar-refractivity contribution is -0.134. The Morgan fingerprint density at radius 1 is 1.23 bits per heavy atom. The third-order valence-electron chi connectivity index (χ3n) is 7.53. The lowest BCUT2D eigenvalue weighted by Gasteiger charge is -2.50. The number of amides is 1. The summed E-state index contributed by atoms with van der Waals surface area (Å²) in [6.07, 6.45) is 5.76. The van der Waals surface area contributed by atoms with Crippen molar-refractivity contribution >= 4 is 37.4 Å². The van der Waals surface area contributed by atoms with E-state index in [0.717, 1.165) is 50.6 Å². The smallest absolute Gasteiger partial charge is 0.225 e. The number of nitrogens with zero attached hydrogens (tertiary/aromatic N) is 1. The molecule has 1 aliphatic carbocycles. The maximum atomic E-state index is 12.8. The molecule has 1 aromatic carbocycles. The molecule has 1 aliphatic heterocycles. The summed E-state index contributed by atoms with van der Waals surface area (Å²) in [4.78, 5) is 14.9. The molecule has 0 N–H and O–H groups in total. The third kappa shape index (κ3) is 5.08. The number of rotatable bonds is 5. The van der Waals surface area contributed by atoms with Crippen molar-refractivity contribution in [3.05, 3.63) is 33.8 Å². The molecule has 3 unspecified atom stereocenters. The standard InChI is InChI=1S/C24H37Cl2NO2Si/c1-17-11-13-27(22(17)28)20-8-7-12-24(16-20,29-30(5,6)23(2,3)4)15-18-9-10-19(25)14-21(18)26/h9-10,14,17,20H,7-8,11-13,15-16H2,1-6H3. The van der Waals surface area contributed by atoms with E-state index >= 15 is 0 Å². The van der Waals surface area contributed by atoms with Crippen LogP contribution >= 0.6 is 23.2 Å². The first-order valence-electron chi connectivity index (χ1n) is 11.3. The number of halogens is 2. The maximum absolute atomic E-state index is 12.8. The van der Waals surface area contributed by atoms with Gasteiger partial charge in [-0.15, -0.1) is 0 Å². The first kappa shape index (κ1) is 24.1. The van der Waals surface area contributed by atoms with Gasteiger partial charge in [-0.2, -0.15) is 0 Å². The van der Waals surface area contributed by atoms with Gasteiger partial charge in [-0.25, -0.2) is 0 Å². The average molecular weight is 471 g/mol. The van der Waals surface area contributed by atoms with Crippen LogP contribution in [-0.4, -0.2) is 37.3 Å². The molecule has 1 saturated heterocycles. The average Bonchev–Trinajstić information content (AvgIpc) is 2.95. The van der Waals surface area contributed by atoms with Crippen LogP contribution in [0.2, 0.25) is 28.2 Å². The van der Waals surface area contributed by atoms with Gasteiger partial charge in [-0.1, -0.05) is 57.0 Å². The van der Waals surface area contributed by atoms with E-state index in [2.05, 4.69) is 45.7 Å². The van der Waals surface area contributed by atoms with Crippen LogP contribution in [0.15, 0.2) is 18.2 Å². The van der Waals surface area contributed by atoms with Gasteiger partial charge in [0.05, 0.1) is 5.60 Å². The summed E-state index contributed by atoms with van der Waals surface area (Å²) >= 11 is 12.7. The summed E-state index contributed by atoms with van der Waals surface area (Å²) in [6.45, 7) is 14.4. The van der Waals surface area contributed by atoms with Crippen LogP contribution in [0, 0.1) is 5.92 Å². The zero-order valence-electron chi connectivity index (χ0n) is 19.4. The normalized spacial score (nSPS) is 28.3. The molecule has 0 aromatic heterocycles. The molecule has 1 heterocycles. The maximum Gasteiger partial charge on any atom is 0.225 e. The second-order valence-corrected chi connectivity index (χ2v) is 16.5. The summed E-state index contributed by atoms with van der Waals surface area (Å²) < 4.78 is 7.18. The second-order valence-electron chi connectivity index (χ2n) is 10.9. The molecule has 3 atom stereocenters. The topological polar surface area (TPSA) is 29.5 Å². The molecular formula is C24H37Cl2NO2Si. The van der Waals surface area contributed by atoms with Crippen molar-refractivity contribution in [2.45, 2.75) is 96.0 Å². The van der Waals surface area contributed by atoms with Gasteiger partial charge in [0.2, 0.25) is 5.91 Å². The van der Waals surface area contributed by atoms with Gasteiger partial charge in [-0.05, 0) is 67.9 Å². The Balaban J connectivity index is 1.93. The highest BCUT2D eigenvalue weighted by atomic mass is 35.5. The van der Waals surface area contributed by atoms with E-state index in [9.17, 15) is 4.79 Å². The quantitative estimate of drug-likeness (QED) is 0.429. The van der Waals surface area contributed by atoms with Gasteiger partial charge in [0.25, 0.3) is 0 Å². The Hall–Kier alpha value is -0.553. The molecule has 30 heavy (non-hydrogen) atoms. The van der Waals surface area contributed by atoms with Crippen LogP contribution in [0.3, 0.4) is 0 Å². The van der Waals surface area contributed by atoms with Crippen molar-refractivity contribution in [3.63, 3.8) is 0 Å². The van der Waals surface area contributed by atoms with Crippen molar-refractivity contribution in [1.82, 2.24) is 4.90 Å². The van der Waals surface area contributed by atoms with E-state index < -0.39 is 8.32 Å². The molecule has 2 fully saturated rings. The lowest BCUT2D eigenvalue weighted by atomic mass is 9.77. The molecule has 0 bridgehead atoms. The van der Waals surface area contributed by atoms with Crippen LogP contribution in [0.5, 0.6) is 0 Å². The molecule has 0 radical (unpaired) electrons. The molecule has 1 amide bonds. The highest BCUT2D eigenvalue weighted by molar-refractivity contribution is 6.74. The zero-order valence-corrected chi connectivity index (χ0v) is 21.9. The van der Waals surface area contributed by atoms with Crippen molar-refractivity contribution in [2.75, 3.05) is 6.54 Å². The van der Waals surface area contributed by atoms with Gasteiger partial charge in [-0.3, -0.25) is 4.79 Å². The fraction of sp³-hybridized carbons (Fsp3) is 0.708. The number of carbonyl (C=O) groups is 1. The number of likely N-dealkylation sites (tertiary alicyclic amines) is 1. The fourth-order valence-corrected chi connectivity index (χ4v) is 6.89. The lowest BCUT2D eigenvalue weighted by Crippen LogP contribution is -2.55. The molecule has 2 aliphatic rings. The molecule has 3 rings (SSSR count). The highest BCUT2D eigenvalue weighted by Crippen LogP contribution is 2.46. The minimum absolute atomic E-state index is 0.120. The molecular weight excluding hydrogens is 433 g/mol. The highest BCUT2D eigenvalue weighted by Gasteiger charge is 2.48. The Morgan fingerprint density at radius 2 is 1.93 bits per heavy atom. The Kier molecular flexibility index (Phi) is 7.04. The number of benzene rings is 1. The first-order chi connectivity index (χ1) is 13.8. The SMILES string of the molecule is CC1CCN(C2CCCC(Cc3ccc(Cl)cc3Cl)(O[Si](C)(C)C(C)(C)C)C2)C1=O. The predicted molar refractivity (Wildman–Crippen MR) is 129 cm³/mol. The van der Waals surface area contributed by atoms with E-state index in [-0.39, 0.29) is 22.6 Å². The minimum Gasteiger partial charge on any atom is -0.411 e. The molecule has 168 valence electrons. The second kappa shape index (κ2) is 8.76. The van der Waals surface area contributed by atoms with Crippen molar-refractivity contribution in [3.8, 4) is 0 Å². The Bertz CT molecular complexity index is 792. The van der Waals surface area contributed by atoms with Gasteiger partial charge in [0, 0.05) is 35.0 Å². The molecule has 6 heteroatoms. The van der Waals surface area contributed by atoms with E-state index in [0.29, 0.717) is 16.0 Å². The van der Waals surface area contributed by atoms with Crippen LogP contribution < -0.4 is 0 Å². The van der Waals surface area contributed by atoms with Gasteiger partial charge in [0.1, 0.15) is 0 Å². The first-order valence-corrected chi connectivity index (χ1v) is 14.9. The molecule has 1 saturated carbocycles. The molecule has 3 nitrogen and oxygen atoms in total. The van der Waals surface area contributed by atoms with E-state index in [1.807, 2.05) is 18.2 Å². The third-order valence-corrected chi connectivity index (χ3v) is 12.7. The van der Waals surface area contributed by atoms with Crippen LogP contribution in [0.25, 0.3) is 0 Å². The van der Waals surface area contributed by atoms with Crippen LogP contribution in [0.4, 0.5) is 0 Å². The largest absolute Gasteiger partial charge is 0.411 e. The van der Waals surface area contributed by atoms with Gasteiger partial charge >= 0.3 is 0 Å². The monoisotopic (exact) mass is 469 g/mol. The van der Waals surface area contributed by atoms with E-state index in [1.165, 1.54) is 0 Å². The van der Waals surface area contributed by atoms with Crippen molar-refractivity contribution < 1.29 is 9.22 Å². The van der Waals surface area contributed by atoms with Gasteiger partial charge in [0.15, 0.2) is 8.32 Å². The Labute approximate surface area is 193 Å². The number of hydrogen-bond donors (Lipinski definition) is 0. The summed E-state index contributed by atoms with van der Waals surface area (Å²) in [7, 11) is -2.02. The van der Waals surface area contributed by atoms with Crippen molar-refractivity contribution in [2.24, 2.45) is 5.92 Å². The predicted octanol–water partition coefficient (Wildman–Crippen LogP) is 7.11. The minimum atomic E-state index is -2.02. The van der Waals surface area contributed by atoms with Crippen LogP contribution in [-0.2, 0) is 15.6 Å². The molecule has 0 spiro atoms. The molecule has 1 aromatic rings. The van der Waals surface area contributed by atoms with Gasteiger partial charge < -0.3 is 9.33 Å². The van der Waals surface area contributed by atoms with E-state index in [4.69, 9.17) is 27.6 Å². The fourth-order valence-electron chi connectivity index (χ4n) is 4.77. The summed E-state index contributed by atoms with van der Waals surface area (Å²) in [6, 6.07) is 6.03. The summed E-state index contributed by atoms with van der Waals surface area (Å²) in [5.74, 6) is 0.459. The Morgan fingerprint density at radius 3 is 2.50 bits per heavy atom. The number of carbonyl (C=O) groups excluding carboxylic acids is 1. The summed E-state index contributed by atoms with van der Waals surface area (Å²) in [5, 5.41) is 1.48. The summed E-state index contributed by atoms with van der Waals surface area (Å²) in [5.41, 5.74) is 0.789. The van der Waals surface area contributed by atoms with E-state index in [1.54, 1.807) is 0 Å².